The summed E-state index contributed by atoms with van der Waals surface area (Å²) in [7, 11) is -6.50. The summed E-state index contributed by atoms with van der Waals surface area (Å²) in [6.07, 6.45) is 1.47. The number of hydrogen-bond donors (Lipinski definition) is 1. The first-order chi connectivity index (χ1) is 15.0. The zero-order valence-electron chi connectivity index (χ0n) is 18.0. The second kappa shape index (κ2) is 9.05. The highest BCUT2D eigenvalue weighted by molar-refractivity contribution is 7.92. The van der Waals surface area contributed by atoms with Gasteiger partial charge < -0.3 is 4.74 Å². The fraction of sp³-hybridized carbons (Fsp3) is 0.227. The molecule has 0 aliphatic heterocycles. The van der Waals surface area contributed by atoms with E-state index in [0.717, 1.165) is 16.0 Å². The number of esters is 1. The highest BCUT2D eigenvalue weighted by atomic mass is 32.2. The number of carbonyl (C=O) groups is 1. The maximum absolute atomic E-state index is 13.4. The Morgan fingerprint density at radius 2 is 1.75 bits per heavy atom. The van der Waals surface area contributed by atoms with Crippen LogP contribution in [0.25, 0.3) is 10.4 Å². The van der Waals surface area contributed by atoms with E-state index in [4.69, 9.17) is 4.74 Å². The molecular formula is C22H23NO6S3. The Morgan fingerprint density at radius 3 is 2.31 bits per heavy atom. The summed E-state index contributed by atoms with van der Waals surface area (Å²) in [5.74, 6) is -0.655. The molecule has 0 atom stereocenters. The second-order valence-electron chi connectivity index (χ2n) is 7.16. The SMILES string of the molecule is CCc1ccc(C(=O)OC)cc1S(=O)(=O)Nc1cc(S(C)(=O)=O)ccc1-c1ccc(C)s1. The summed E-state index contributed by atoms with van der Waals surface area (Å²) in [5, 5.41) is 0. The van der Waals surface area contributed by atoms with E-state index in [-0.39, 0.29) is 21.0 Å². The predicted octanol–water partition coefficient (Wildman–Crippen LogP) is 4.28. The number of sulfonamides is 1. The molecule has 1 heterocycles. The molecule has 0 unspecified atom stereocenters. The van der Waals surface area contributed by atoms with E-state index >= 15 is 0 Å². The van der Waals surface area contributed by atoms with Crippen LogP contribution < -0.4 is 4.72 Å². The van der Waals surface area contributed by atoms with Gasteiger partial charge in [-0.2, -0.15) is 0 Å². The predicted molar refractivity (Wildman–Crippen MR) is 126 cm³/mol. The number of methoxy groups -OCH3 is 1. The van der Waals surface area contributed by atoms with Crippen LogP contribution in [0.15, 0.2) is 58.3 Å². The van der Waals surface area contributed by atoms with E-state index in [1.807, 2.05) is 19.1 Å². The maximum atomic E-state index is 13.4. The van der Waals surface area contributed by atoms with Gasteiger partial charge in [-0.15, -0.1) is 11.3 Å². The van der Waals surface area contributed by atoms with Crippen LogP contribution in [0.4, 0.5) is 5.69 Å². The number of sulfone groups is 1. The van der Waals surface area contributed by atoms with Crippen LogP contribution in [0.3, 0.4) is 0 Å². The van der Waals surface area contributed by atoms with Gasteiger partial charge in [0, 0.05) is 21.6 Å². The van der Waals surface area contributed by atoms with Crippen molar-refractivity contribution in [2.75, 3.05) is 18.1 Å². The minimum atomic E-state index is -4.15. The third-order valence-electron chi connectivity index (χ3n) is 4.83. The summed E-state index contributed by atoms with van der Waals surface area (Å²) in [4.78, 5) is 13.7. The van der Waals surface area contributed by atoms with Crippen LogP contribution in [-0.4, -0.2) is 36.2 Å². The topological polar surface area (TPSA) is 107 Å². The van der Waals surface area contributed by atoms with Crippen LogP contribution in [0.5, 0.6) is 0 Å². The molecule has 10 heteroatoms. The van der Waals surface area contributed by atoms with Crippen molar-refractivity contribution in [3.8, 4) is 10.4 Å². The fourth-order valence-corrected chi connectivity index (χ4v) is 6.14. The monoisotopic (exact) mass is 493 g/mol. The highest BCUT2D eigenvalue weighted by Crippen LogP contribution is 2.36. The highest BCUT2D eigenvalue weighted by Gasteiger charge is 2.23. The zero-order valence-corrected chi connectivity index (χ0v) is 20.4. The number of thiophene rings is 1. The molecular weight excluding hydrogens is 470 g/mol. The van der Waals surface area contributed by atoms with Crippen LogP contribution in [0.2, 0.25) is 0 Å². The van der Waals surface area contributed by atoms with Crippen molar-refractivity contribution in [1.82, 2.24) is 0 Å². The number of anilines is 1. The zero-order chi connectivity index (χ0) is 23.7. The van der Waals surface area contributed by atoms with Crippen molar-refractivity contribution in [2.45, 2.75) is 30.1 Å². The van der Waals surface area contributed by atoms with Crippen molar-refractivity contribution >= 4 is 42.9 Å². The van der Waals surface area contributed by atoms with Crippen LogP contribution in [-0.2, 0) is 31.0 Å². The van der Waals surface area contributed by atoms with E-state index in [1.54, 1.807) is 19.1 Å². The molecule has 0 radical (unpaired) electrons. The third-order valence-corrected chi connectivity index (χ3v) is 8.42. The Morgan fingerprint density at radius 1 is 1.03 bits per heavy atom. The number of ether oxygens (including phenoxy) is 1. The number of rotatable bonds is 7. The average molecular weight is 494 g/mol. The Hall–Kier alpha value is -2.69. The van der Waals surface area contributed by atoms with Crippen molar-refractivity contribution in [3.05, 3.63) is 64.5 Å². The molecule has 7 nitrogen and oxygen atoms in total. The van der Waals surface area contributed by atoms with Crippen molar-refractivity contribution in [3.63, 3.8) is 0 Å². The number of aryl methyl sites for hydroxylation is 2. The van der Waals surface area contributed by atoms with E-state index in [1.165, 1.54) is 42.7 Å². The molecule has 1 N–H and O–H groups in total. The van der Waals surface area contributed by atoms with Gasteiger partial charge in [-0.1, -0.05) is 19.1 Å². The van der Waals surface area contributed by atoms with E-state index in [2.05, 4.69) is 4.72 Å². The lowest BCUT2D eigenvalue weighted by Gasteiger charge is -2.16. The Kier molecular flexibility index (Phi) is 6.77. The molecule has 3 aromatic rings. The summed E-state index contributed by atoms with van der Waals surface area (Å²) in [6.45, 7) is 3.73. The minimum Gasteiger partial charge on any atom is -0.465 e. The van der Waals surface area contributed by atoms with E-state index < -0.39 is 25.8 Å². The Bertz CT molecular complexity index is 1390. The number of nitrogens with one attached hydrogen (secondary N) is 1. The quantitative estimate of drug-likeness (QED) is 0.493. The number of benzene rings is 2. The summed E-state index contributed by atoms with van der Waals surface area (Å²) in [5.41, 5.74) is 1.31. The average Bonchev–Trinajstić information content (AvgIpc) is 3.17. The van der Waals surface area contributed by atoms with Crippen molar-refractivity contribution in [2.24, 2.45) is 0 Å². The van der Waals surface area contributed by atoms with Gasteiger partial charge in [-0.25, -0.2) is 21.6 Å². The summed E-state index contributed by atoms with van der Waals surface area (Å²) in [6, 6.07) is 12.4. The Balaban J connectivity index is 2.17. The van der Waals surface area contributed by atoms with Gasteiger partial charge in [0.2, 0.25) is 0 Å². The minimum absolute atomic E-state index is 0.00810. The van der Waals surface area contributed by atoms with Gasteiger partial charge in [0.1, 0.15) is 0 Å². The molecule has 0 aliphatic rings. The summed E-state index contributed by atoms with van der Waals surface area (Å²) >= 11 is 1.46. The molecule has 1 aromatic heterocycles. The maximum Gasteiger partial charge on any atom is 0.337 e. The summed E-state index contributed by atoms with van der Waals surface area (Å²) < 4.78 is 58.2. The van der Waals surface area contributed by atoms with Crippen molar-refractivity contribution < 1.29 is 26.4 Å². The first kappa shape index (κ1) is 24.0. The van der Waals surface area contributed by atoms with Gasteiger partial charge in [-0.05, 0) is 55.3 Å². The number of carbonyl (C=O) groups excluding carboxylic acids is 1. The first-order valence-electron chi connectivity index (χ1n) is 9.61. The van der Waals surface area contributed by atoms with Gasteiger partial charge in [0.05, 0.1) is 28.2 Å². The van der Waals surface area contributed by atoms with Crippen LogP contribution >= 0.6 is 11.3 Å². The second-order valence-corrected chi connectivity index (χ2v) is 12.1. The fourth-order valence-electron chi connectivity index (χ4n) is 3.17. The standard InChI is InChI=1S/C22H23NO6S3/c1-5-15-7-8-16(22(24)29-3)12-21(15)32(27,28)23-19-13-17(31(4,25)26)9-10-18(19)20-11-6-14(2)30-20/h6-13,23H,5H2,1-4H3. The normalized spacial score (nSPS) is 11.9. The molecule has 3 rings (SSSR count). The van der Waals surface area contributed by atoms with E-state index in [9.17, 15) is 21.6 Å². The van der Waals surface area contributed by atoms with Crippen molar-refractivity contribution in [1.29, 1.82) is 0 Å². The molecule has 0 aliphatic carbocycles. The van der Waals surface area contributed by atoms with E-state index in [0.29, 0.717) is 17.5 Å². The molecule has 0 amide bonds. The lowest BCUT2D eigenvalue weighted by Crippen LogP contribution is -2.17. The number of hydrogen-bond acceptors (Lipinski definition) is 7. The van der Waals surface area contributed by atoms with Crippen LogP contribution in [0.1, 0.15) is 27.7 Å². The Labute approximate surface area is 192 Å². The molecule has 170 valence electrons. The third kappa shape index (κ3) is 5.03. The molecule has 0 saturated heterocycles. The molecule has 0 saturated carbocycles. The van der Waals surface area contributed by atoms with Gasteiger partial charge in [0.25, 0.3) is 10.0 Å². The van der Waals surface area contributed by atoms with Gasteiger partial charge in [-0.3, -0.25) is 4.72 Å². The lowest BCUT2D eigenvalue weighted by atomic mass is 10.1. The molecule has 32 heavy (non-hydrogen) atoms. The smallest absolute Gasteiger partial charge is 0.337 e. The lowest BCUT2D eigenvalue weighted by molar-refractivity contribution is 0.0600. The van der Waals surface area contributed by atoms with Gasteiger partial charge >= 0.3 is 5.97 Å². The molecule has 0 fully saturated rings. The molecule has 0 bridgehead atoms. The van der Waals surface area contributed by atoms with Crippen LogP contribution in [0, 0.1) is 6.92 Å². The molecule has 0 spiro atoms. The van der Waals surface area contributed by atoms with Gasteiger partial charge in [0.15, 0.2) is 9.84 Å². The molecule has 2 aromatic carbocycles. The first-order valence-corrected chi connectivity index (χ1v) is 13.8. The largest absolute Gasteiger partial charge is 0.465 e.